The van der Waals surface area contributed by atoms with Gasteiger partial charge in [-0.1, -0.05) is 34.8 Å². The number of aromatic nitrogens is 3. The average Bonchev–Trinajstić information content (AvgIpc) is 1.83. The fourth-order valence-corrected chi connectivity index (χ4v) is 1.30. The number of hydrogen-bond acceptors (Lipinski definition) is 3. The summed E-state index contributed by atoms with van der Waals surface area (Å²) in [6.07, 6.45) is 0. The van der Waals surface area contributed by atoms with E-state index in [1.165, 1.54) is 0 Å². The van der Waals surface area contributed by atoms with Gasteiger partial charge in [0.05, 0.1) is 5.69 Å². The van der Waals surface area contributed by atoms with Crippen molar-refractivity contribution in [2.45, 2.75) is 17.6 Å². The third kappa shape index (κ3) is 2.19. The van der Waals surface area contributed by atoms with Gasteiger partial charge in [-0.05, 0) is 13.8 Å². The average molecular weight is 226 g/mol. The van der Waals surface area contributed by atoms with E-state index in [1.54, 1.807) is 13.8 Å². The molecule has 0 spiro atoms. The maximum atomic E-state index is 5.60. The number of rotatable bonds is 0. The Kier molecular flexibility index (Phi) is 2.76. The van der Waals surface area contributed by atoms with E-state index < -0.39 is 3.79 Å². The maximum Gasteiger partial charge on any atom is 0.236 e. The van der Waals surface area contributed by atoms with Gasteiger partial charge in [0.2, 0.25) is 3.79 Å². The van der Waals surface area contributed by atoms with Gasteiger partial charge >= 0.3 is 0 Å². The van der Waals surface area contributed by atoms with Crippen molar-refractivity contribution < 1.29 is 0 Å². The molecule has 1 aromatic heterocycles. The minimum Gasteiger partial charge on any atom is -0.235 e. The van der Waals surface area contributed by atoms with Gasteiger partial charge < -0.3 is 0 Å². The van der Waals surface area contributed by atoms with E-state index >= 15 is 0 Å². The summed E-state index contributed by atoms with van der Waals surface area (Å²) in [5.41, 5.74) is 0.862. The van der Waals surface area contributed by atoms with E-state index in [0.29, 0.717) is 11.5 Å². The molecule has 1 heterocycles. The summed E-state index contributed by atoms with van der Waals surface area (Å²) in [6.45, 7) is 3.45. The van der Waals surface area contributed by atoms with Crippen molar-refractivity contribution in [2.24, 2.45) is 0 Å². The molecule has 0 N–H and O–H groups in total. The molecule has 0 bridgehead atoms. The molecule has 0 aliphatic heterocycles. The van der Waals surface area contributed by atoms with Crippen LogP contribution in [0.25, 0.3) is 0 Å². The van der Waals surface area contributed by atoms with Crippen molar-refractivity contribution in [3.8, 4) is 0 Å². The molecular formula is C6H6Cl3N3. The Labute approximate surface area is 85.1 Å². The van der Waals surface area contributed by atoms with Crippen LogP contribution in [0.4, 0.5) is 0 Å². The van der Waals surface area contributed by atoms with Crippen molar-refractivity contribution in [1.82, 2.24) is 15.2 Å². The second kappa shape index (κ2) is 3.32. The second-order valence-electron chi connectivity index (χ2n) is 2.29. The van der Waals surface area contributed by atoms with Crippen molar-refractivity contribution in [3.05, 3.63) is 17.2 Å². The zero-order chi connectivity index (χ0) is 9.35. The van der Waals surface area contributed by atoms with Gasteiger partial charge in [-0.15, -0.1) is 10.2 Å². The van der Waals surface area contributed by atoms with Gasteiger partial charge in [-0.3, -0.25) is 0 Å². The van der Waals surface area contributed by atoms with Crippen LogP contribution in [0.3, 0.4) is 0 Å². The molecule has 12 heavy (non-hydrogen) atoms. The quantitative estimate of drug-likeness (QED) is 0.637. The lowest BCUT2D eigenvalue weighted by molar-refractivity contribution is 0.822. The van der Waals surface area contributed by atoms with Gasteiger partial charge in [0.1, 0.15) is 11.5 Å². The first-order valence-electron chi connectivity index (χ1n) is 3.16. The van der Waals surface area contributed by atoms with Crippen LogP contribution >= 0.6 is 34.8 Å². The highest BCUT2D eigenvalue weighted by Gasteiger charge is 2.28. The lowest BCUT2D eigenvalue weighted by Gasteiger charge is -2.10. The van der Waals surface area contributed by atoms with Crippen LogP contribution in [0.15, 0.2) is 0 Å². The molecule has 0 saturated heterocycles. The van der Waals surface area contributed by atoms with Crippen LogP contribution in [0.1, 0.15) is 17.2 Å². The molecule has 0 aliphatic rings. The maximum absolute atomic E-state index is 5.60. The SMILES string of the molecule is Cc1nnc(C(Cl)(Cl)Cl)c(C)n1. The number of aryl methyl sites for hydroxylation is 2. The molecule has 0 aliphatic carbocycles. The van der Waals surface area contributed by atoms with Crippen LogP contribution < -0.4 is 0 Å². The van der Waals surface area contributed by atoms with Crippen molar-refractivity contribution in [1.29, 1.82) is 0 Å². The summed E-state index contributed by atoms with van der Waals surface area (Å²) in [5.74, 6) is 0.561. The van der Waals surface area contributed by atoms with Crippen molar-refractivity contribution >= 4 is 34.8 Å². The van der Waals surface area contributed by atoms with Crippen LogP contribution in [0.5, 0.6) is 0 Å². The highest BCUT2D eigenvalue weighted by atomic mass is 35.6. The Bertz CT molecular complexity index is 295. The first-order valence-corrected chi connectivity index (χ1v) is 4.30. The summed E-state index contributed by atoms with van der Waals surface area (Å²) in [5, 5.41) is 7.43. The molecule has 0 radical (unpaired) electrons. The van der Waals surface area contributed by atoms with E-state index in [1.807, 2.05) is 0 Å². The van der Waals surface area contributed by atoms with Gasteiger partial charge in [0, 0.05) is 0 Å². The standard InChI is InChI=1S/C6H6Cl3N3/c1-3-5(6(7,8)9)12-11-4(2)10-3/h1-2H3. The predicted molar refractivity (Wildman–Crippen MR) is 48.5 cm³/mol. The van der Waals surface area contributed by atoms with Crippen molar-refractivity contribution in [2.75, 3.05) is 0 Å². The van der Waals surface area contributed by atoms with Gasteiger partial charge in [-0.25, -0.2) is 4.98 Å². The Morgan fingerprint density at radius 2 is 1.67 bits per heavy atom. The van der Waals surface area contributed by atoms with E-state index in [2.05, 4.69) is 15.2 Å². The lowest BCUT2D eigenvalue weighted by atomic mass is 10.3. The smallest absolute Gasteiger partial charge is 0.235 e. The number of hydrogen-bond donors (Lipinski definition) is 0. The topological polar surface area (TPSA) is 38.7 Å². The molecule has 1 rings (SSSR count). The zero-order valence-electron chi connectivity index (χ0n) is 6.48. The summed E-state index contributed by atoms with van der Waals surface area (Å²) < 4.78 is -1.54. The summed E-state index contributed by atoms with van der Waals surface area (Å²) in [7, 11) is 0. The second-order valence-corrected chi connectivity index (χ2v) is 4.57. The largest absolute Gasteiger partial charge is 0.236 e. The number of halogens is 3. The highest BCUT2D eigenvalue weighted by molar-refractivity contribution is 6.66. The minimum atomic E-state index is -1.54. The first-order chi connectivity index (χ1) is 5.41. The van der Waals surface area contributed by atoms with Gasteiger partial charge in [0.15, 0.2) is 0 Å². The van der Waals surface area contributed by atoms with Crippen LogP contribution in [0, 0.1) is 13.8 Å². The summed E-state index contributed by atoms with van der Waals surface area (Å²) in [6, 6.07) is 0. The van der Waals surface area contributed by atoms with Crippen LogP contribution in [-0.4, -0.2) is 15.2 Å². The molecule has 0 fully saturated rings. The molecule has 66 valence electrons. The number of alkyl halides is 3. The fourth-order valence-electron chi connectivity index (χ4n) is 0.775. The normalized spacial score (nSPS) is 11.8. The molecule has 0 aromatic carbocycles. The molecule has 0 unspecified atom stereocenters. The van der Waals surface area contributed by atoms with Crippen molar-refractivity contribution in [3.63, 3.8) is 0 Å². The molecule has 0 amide bonds. The molecule has 3 nitrogen and oxygen atoms in total. The predicted octanol–water partition coefficient (Wildman–Crippen LogP) is 2.32. The van der Waals surface area contributed by atoms with Gasteiger partial charge in [0.25, 0.3) is 0 Å². The molecular weight excluding hydrogens is 220 g/mol. The monoisotopic (exact) mass is 225 g/mol. The third-order valence-electron chi connectivity index (χ3n) is 1.24. The molecule has 1 aromatic rings. The minimum absolute atomic E-state index is 0.276. The summed E-state index contributed by atoms with van der Waals surface area (Å²) >= 11 is 16.8. The Balaban J connectivity index is 3.19. The Hall–Kier alpha value is -0.120. The van der Waals surface area contributed by atoms with Crippen LogP contribution in [-0.2, 0) is 3.79 Å². The van der Waals surface area contributed by atoms with E-state index in [4.69, 9.17) is 34.8 Å². The van der Waals surface area contributed by atoms with Gasteiger partial charge in [-0.2, -0.15) is 0 Å². The Morgan fingerprint density at radius 3 is 2.08 bits per heavy atom. The third-order valence-corrected chi connectivity index (χ3v) is 1.77. The lowest BCUT2D eigenvalue weighted by Crippen LogP contribution is -2.10. The van der Waals surface area contributed by atoms with E-state index in [-0.39, 0.29) is 5.69 Å². The Morgan fingerprint density at radius 1 is 1.08 bits per heavy atom. The summed E-state index contributed by atoms with van der Waals surface area (Å²) in [4.78, 5) is 4.01. The van der Waals surface area contributed by atoms with E-state index in [0.717, 1.165) is 0 Å². The molecule has 0 saturated carbocycles. The van der Waals surface area contributed by atoms with E-state index in [9.17, 15) is 0 Å². The highest BCUT2D eigenvalue weighted by Crippen LogP contribution is 2.37. The van der Waals surface area contributed by atoms with Crippen LogP contribution in [0.2, 0.25) is 0 Å². The zero-order valence-corrected chi connectivity index (χ0v) is 8.74. The molecule has 6 heteroatoms. The number of nitrogens with zero attached hydrogens (tertiary/aromatic N) is 3. The molecule has 0 atom stereocenters. The first kappa shape index (κ1) is 9.96. The fraction of sp³-hybridized carbons (Fsp3) is 0.500.